The topological polar surface area (TPSA) is 97.7 Å². The molecule has 3 rings (SSSR count). The molecule has 8 nitrogen and oxygen atoms in total. The molecular formula is C18H21N7OS. The van der Waals surface area contributed by atoms with E-state index in [2.05, 4.69) is 42.5 Å². The Morgan fingerprint density at radius 1 is 1.11 bits per heavy atom. The number of nitrogens with one attached hydrogen (secondary N) is 2. The lowest BCUT2D eigenvalue weighted by Crippen LogP contribution is -2.06. The second kappa shape index (κ2) is 9.67. The van der Waals surface area contributed by atoms with E-state index in [9.17, 15) is 0 Å². The van der Waals surface area contributed by atoms with Crippen molar-refractivity contribution in [2.24, 2.45) is 0 Å². The van der Waals surface area contributed by atoms with Crippen molar-refractivity contribution >= 4 is 29.2 Å². The lowest BCUT2D eigenvalue weighted by molar-refractivity contribution is 0.398. The molecule has 0 bridgehead atoms. The zero-order valence-corrected chi connectivity index (χ0v) is 16.0. The lowest BCUT2D eigenvalue weighted by atomic mass is 10.2. The highest BCUT2D eigenvalue weighted by Gasteiger charge is 2.06. The van der Waals surface area contributed by atoms with Crippen LogP contribution in [0.1, 0.15) is 6.92 Å². The Morgan fingerprint density at radius 2 is 2.04 bits per heavy atom. The first-order valence-electron chi connectivity index (χ1n) is 8.52. The number of aromatic nitrogens is 5. The van der Waals surface area contributed by atoms with Gasteiger partial charge < -0.3 is 15.4 Å². The van der Waals surface area contributed by atoms with Gasteiger partial charge in [-0.3, -0.25) is 0 Å². The van der Waals surface area contributed by atoms with Gasteiger partial charge in [0, 0.05) is 30.1 Å². The lowest BCUT2D eigenvalue weighted by Gasteiger charge is -2.08. The first kappa shape index (κ1) is 18.8. The van der Waals surface area contributed by atoms with Crippen LogP contribution < -0.4 is 15.4 Å². The smallest absolute Gasteiger partial charge is 0.230 e. The maximum Gasteiger partial charge on any atom is 0.230 e. The van der Waals surface area contributed by atoms with Crippen molar-refractivity contribution < 1.29 is 4.74 Å². The molecule has 2 N–H and O–H groups in total. The third kappa shape index (κ3) is 5.52. The fourth-order valence-corrected chi connectivity index (χ4v) is 2.80. The number of nitrogens with zero attached hydrogens (tertiary/aromatic N) is 5. The van der Waals surface area contributed by atoms with Gasteiger partial charge >= 0.3 is 0 Å². The van der Waals surface area contributed by atoms with Crippen LogP contribution in [0.3, 0.4) is 0 Å². The molecular weight excluding hydrogens is 362 g/mol. The van der Waals surface area contributed by atoms with Gasteiger partial charge in [-0.25, -0.2) is 19.9 Å². The predicted octanol–water partition coefficient (Wildman–Crippen LogP) is 3.25. The summed E-state index contributed by atoms with van der Waals surface area (Å²) in [4.78, 5) is 21.4. The first-order chi connectivity index (χ1) is 13.3. The molecule has 0 spiro atoms. The fraction of sp³-hybridized carbons (Fsp3) is 0.278. The average Bonchev–Trinajstić information content (AvgIpc) is 2.72. The van der Waals surface area contributed by atoms with Gasteiger partial charge in [-0.15, -0.1) is 0 Å². The molecule has 0 fully saturated rings. The van der Waals surface area contributed by atoms with E-state index in [0.29, 0.717) is 17.7 Å². The summed E-state index contributed by atoms with van der Waals surface area (Å²) in [6.45, 7) is 3.02. The molecule has 3 aromatic rings. The number of hydrogen-bond acceptors (Lipinski definition) is 9. The van der Waals surface area contributed by atoms with Gasteiger partial charge in [0.2, 0.25) is 11.8 Å². The molecule has 0 atom stereocenters. The van der Waals surface area contributed by atoms with Crippen LogP contribution in [0.4, 0.5) is 17.5 Å². The molecule has 140 valence electrons. The molecule has 9 heteroatoms. The molecule has 3 aromatic heterocycles. The normalized spacial score (nSPS) is 10.4. The third-order valence-corrected chi connectivity index (χ3v) is 4.45. The largest absolute Gasteiger partial charge is 0.481 e. The highest BCUT2D eigenvalue weighted by Crippen LogP contribution is 2.20. The number of rotatable bonds is 9. The minimum absolute atomic E-state index is 0.442. The average molecular weight is 383 g/mol. The Balaban J connectivity index is 1.70. The van der Waals surface area contributed by atoms with Crippen LogP contribution in [-0.4, -0.2) is 50.1 Å². The van der Waals surface area contributed by atoms with Gasteiger partial charge in [0.15, 0.2) is 5.82 Å². The molecule has 0 saturated carbocycles. The van der Waals surface area contributed by atoms with Crippen LogP contribution in [0.5, 0.6) is 5.88 Å². The van der Waals surface area contributed by atoms with E-state index in [4.69, 9.17) is 4.74 Å². The first-order valence-corrected chi connectivity index (χ1v) is 9.68. The molecule has 3 heterocycles. The Labute approximate surface area is 162 Å². The molecule has 0 amide bonds. The van der Waals surface area contributed by atoms with Gasteiger partial charge in [0.25, 0.3) is 0 Å². The summed E-state index contributed by atoms with van der Waals surface area (Å²) in [5.74, 6) is 4.52. The number of methoxy groups -OCH3 is 1. The van der Waals surface area contributed by atoms with Crippen molar-refractivity contribution in [1.29, 1.82) is 0 Å². The second-order valence-corrected chi connectivity index (χ2v) is 6.79. The van der Waals surface area contributed by atoms with Gasteiger partial charge in [0.05, 0.1) is 19.0 Å². The minimum atomic E-state index is 0.442. The third-order valence-electron chi connectivity index (χ3n) is 3.55. The second-order valence-electron chi connectivity index (χ2n) is 5.40. The monoisotopic (exact) mass is 383 g/mol. The molecule has 0 aliphatic rings. The Kier molecular flexibility index (Phi) is 6.75. The van der Waals surface area contributed by atoms with Crippen LogP contribution >= 0.6 is 11.8 Å². The molecule has 0 radical (unpaired) electrons. The Morgan fingerprint density at radius 3 is 2.81 bits per heavy atom. The van der Waals surface area contributed by atoms with Crippen molar-refractivity contribution in [3.05, 3.63) is 43.0 Å². The number of ether oxygens (including phenoxy) is 1. The Hall–Kier alpha value is -2.94. The molecule has 27 heavy (non-hydrogen) atoms. The summed E-state index contributed by atoms with van der Waals surface area (Å²) in [5.41, 5.74) is 1.63. The molecule has 0 saturated heterocycles. The van der Waals surface area contributed by atoms with Crippen molar-refractivity contribution in [2.75, 3.05) is 35.8 Å². The summed E-state index contributed by atoms with van der Waals surface area (Å²) in [5, 5.41) is 6.43. The molecule has 0 aliphatic carbocycles. The van der Waals surface area contributed by atoms with Gasteiger partial charge in [-0.05, 0) is 24.0 Å². The molecule has 0 unspecified atom stereocenters. The highest BCUT2D eigenvalue weighted by molar-refractivity contribution is 7.99. The van der Waals surface area contributed by atoms with Crippen molar-refractivity contribution in [1.82, 2.24) is 24.9 Å². The van der Waals surface area contributed by atoms with E-state index in [1.807, 2.05) is 30.0 Å². The zero-order chi connectivity index (χ0) is 18.9. The van der Waals surface area contributed by atoms with Crippen LogP contribution in [0.2, 0.25) is 0 Å². The predicted molar refractivity (Wildman–Crippen MR) is 109 cm³/mol. The van der Waals surface area contributed by atoms with Gasteiger partial charge in [-0.2, -0.15) is 16.7 Å². The standard InChI is InChI=1S/C18H21N7OS/c1-3-27-9-8-20-15-10-13(6-7-19-15)17-22-12-23-18(25-17)24-14-4-5-16(26-2)21-11-14/h4-7,10-12H,3,8-9H2,1-2H3,(H,19,20)(H,22,23,24,25). The number of hydrogen-bond donors (Lipinski definition) is 2. The number of thioether (sulfide) groups is 1. The number of anilines is 3. The van der Waals surface area contributed by atoms with E-state index in [-0.39, 0.29) is 0 Å². The summed E-state index contributed by atoms with van der Waals surface area (Å²) in [6, 6.07) is 7.42. The van der Waals surface area contributed by atoms with E-state index >= 15 is 0 Å². The van der Waals surface area contributed by atoms with Crippen LogP contribution in [-0.2, 0) is 0 Å². The van der Waals surface area contributed by atoms with E-state index < -0.39 is 0 Å². The summed E-state index contributed by atoms with van der Waals surface area (Å²) >= 11 is 1.89. The quantitative estimate of drug-likeness (QED) is 0.540. The fourth-order valence-electron chi connectivity index (χ4n) is 2.26. The van der Waals surface area contributed by atoms with Gasteiger partial charge in [-0.1, -0.05) is 6.92 Å². The molecule has 0 aromatic carbocycles. The SMILES string of the molecule is CCSCCNc1cc(-c2ncnc(Nc3ccc(OC)nc3)n2)ccn1. The Bertz CT molecular complexity index is 860. The van der Waals surface area contributed by atoms with Crippen molar-refractivity contribution in [3.63, 3.8) is 0 Å². The van der Waals surface area contributed by atoms with Crippen LogP contribution in [0, 0.1) is 0 Å². The van der Waals surface area contributed by atoms with Crippen molar-refractivity contribution in [2.45, 2.75) is 6.92 Å². The molecule has 0 aliphatic heterocycles. The van der Waals surface area contributed by atoms with Crippen molar-refractivity contribution in [3.8, 4) is 17.3 Å². The van der Waals surface area contributed by atoms with E-state index in [0.717, 1.165) is 35.1 Å². The minimum Gasteiger partial charge on any atom is -0.481 e. The van der Waals surface area contributed by atoms with Gasteiger partial charge in [0.1, 0.15) is 12.1 Å². The van der Waals surface area contributed by atoms with E-state index in [1.54, 1.807) is 25.6 Å². The van der Waals surface area contributed by atoms with Crippen LogP contribution in [0.25, 0.3) is 11.4 Å². The highest BCUT2D eigenvalue weighted by atomic mass is 32.2. The maximum atomic E-state index is 5.06. The van der Waals surface area contributed by atoms with Crippen LogP contribution in [0.15, 0.2) is 43.0 Å². The number of pyridine rings is 2. The maximum absolute atomic E-state index is 5.06. The summed E-state index contributed by atoms with van der Waals surface area (Å²) in [6.07, 6.45) is 4.88. The van der Waals surface area contributed by atoms with E-state index in [1.165, 1.54) is 6.33 Å². The summed E-state index contributed by atoms with van der Waals surface area (Å²) < 4.78 is 5.06. The zero-order valence-electron chi connectivity index (χ0n) is 15.2. The summed E-state index contributed by atoms with van der Waals surface area (Å²) in [7, 11) is 1.58.